The molecule has 0 aromatic heterocycles. The molecule has 0 radical (unpaired) electrons. The van der Waals surface area contributed by atoms with Crippen LogP contribution in [-0.4, -0.2) is 51.8 Å². The number of sulfonamides is 1. The van der Waals surface area contributed by atoms with Crippen LogP contribution in [0.2, 0.25) is 0 Å². The summed E-state index contributed by atoms with van der Waals surface area (Å²) in [6, 6.07) is 11.3. The SMILES string of the molecule is COc1ccc(CNC(=O)CN(C)S(=O)(=O)c2ccc3c(c2)NC(=O)CO3)cc1. The Bertz CT molecular complexity index is 1020. The minimum atomic E-state index is -3.93. The lowest BCUT2D eigenvalue weighted by molar-refractivity contribution is -0.121. The molecule has 2 aromatic rings. The van der Waals surface area contributed by atoms with Crippen LogP contribution in [-0.2, 0) is 26.2 Å². The summed E-state index contributed by atoms with van der Waals surface area (Å²) in [5, 5.41) is 5.25. The molecule has 0 fully saturated rings. The van der Waals surface area contributed by atoms with E-state index in [1.54, 1.807) is 19.2 Å². The molecule has 29 heavy (non-hydrogen) atoms. The van der Waals surface area contributed by atoms with Gasteiger partial charge in [0.1, 0.15) is 11.5 Å². The van der Waals surface area contributed by atoms with Crippen LogP contribution in [0.3, 0.4) is 0 Å². The van der Waals surface area contributed by atoms with Crippen LogP contribution >= 0.6 is 0 Å². The number of ether oxygens (including phenoxy) is 2. The molecule has 2 aromatic carbocycles. The number of carbonyl (C=O) groups is 2. The van der Waals surface area contributed by atoms with E-state index in [1.165, 1.54) is 25.2 Å². The highest BCUT2D eigenvalue weighted by Crippen LogP contribution is 2.30. The minimum Gasteiger partial charge on any atom is -0.497 e. The summed E-state index contributed by atoms with van der Waals surface area (Å²) in [5.74, 6) is 0.292. The van der Waals surface area contributed by atoms with E-state index >= 15 is 0 Å². The summed E-state index contributed by atoms with van der Waals surface area (Å²) in [6.07, 6.45) is 0. The molecule has 1 aliphatic rings. The number of methoxy groups -OCH3 is 1. The van der Waals surface area contributed by atoms with Gasteiger partial charge in [0.15, 0.2) is 6.61 Å². The fourth-order valence-electron chi connectivity index (χ4n) is 2.69. The largest absolute Gasteiger partial charge is 0.497 e. The van der Waals surface area contributed by atoms with E-state index in [1.807, 2.05) is 12.1 Å². The second kappa shape index (κ2) is 8.50. The molecule has 1 heterocycles. The fourth-order valence-corrected chi connectivity index (χ4v) is 3.84. The first-order valence-corrected chi connectivity index (χ1v) is 10.2. The molecule has 3 rings (SSSR count). The maximum absolute atomic E-state index is 12.8. The Morgan fingerprint density at radius 2 is 1.97 bits per heavy atom. The molecule has 0 bridgehead atoms. The van der Waals surface area contributed by atoms with Gasteiger partial charge >= 0.3 is 0 Å². The normalized spacial score (nSPS) is 13.3. The van der Waals surface area contributed by atoms with Gasteiger partial charge in [0, 0.05) is 13.6 Å². The zero-order valence-corrected chi connectivity index (χ0v) is 16.8. The minimum absolute atomic E-state index is 0.0486. The second-order valence-electron chi connectivity index (χ2n) is 6.38. The summed E-state index contributed by atoms with van der Waals surface area (Å²) >= 11 is 0. The lowest BCUT2D eigenvalue weighted by Gasteiger charge is -2.21. The molecule has 2 N–H and O–H groups in total. The Kier molecular flexibility index (Phi) is 6.04. The van der Waals surface area contributed by atoms with Gasteiger partial charge in [-0.3, -0.25) is 9.59 Å². The number of rotatable bonds is 7. The van der Waals surface area contributed by atoms with Crippen LogP contribution in [0.4, 0.5) is 5.69 Å². The topological polar surface area (TPSA) is 114 Å². The number of hydrogen-bond acceptors (Lipinski definition) is 6. The van der Waals surface area contributed by atoms with Crippen LogP contribution < -0.4 is 20.1 Å². The Labute approximate surface area is 168 Å². The molecule has 154 valence electrons. The molecule has 10 heteroatoms. The van der Waals surface area contributed by atoms with Crippen LogP contribution in [0.5, 0.6) is 11.5 Å². The molecule has 1 aliphatic heterocycles. The first kappa shape index (κ1) is 20.6. The number of likely N-dealkylation sites (N-methyl/N-ethyl adjacent to an activating group) is 1. The first-order valence-electron chi connectivity index (χ1n) is 8.72. The maximum Gasteiger partial charge on any atom is 0.262 e. The number of hydrogen-bond donors (Lipinski definition) is 2. The average Bonchev–Trinajstić information content (AvgIpc) is 2.71. The van der Waals surface area contributed by atoms with Gasteiger partial charge in [0.2, 0.25) is 15.9 Å². The molecule has 0 unspecified atom stereocenters. The smallest absolute Gasteiger partial charge is 0.262 e. The highest BCUT2D eigenvalue weighted by atomic mass is 32.2. The number of benzene rings is 2. The van der Waals surface area contributed by atoms with Crippen LogP contribution in [0.15, 0.2) is 47.4 Å². The van der Waals surface area contributed by atoms with Gasteiger partial charge in [0.25, 0.3) is 5.91 Å². The molecular weight excluding hydrogens is 398 g/mol. The summed E-state index contributed by atoms with van der Waals surface area (Å²) in [4.78, 5) is 23.6. The van der Waals surface area contributed by atoms with Crippen molar-refractivity contribution in [2.24, 2.45) is 0 Å². The van der Waals surface area contributed by atoms with Crippen molar-refractivity contribution >= 4 is 27.5 Å². The average molecular weight is 419 g/mol. The number of amides is 2. The van der Waals surface area contributed by atoms with E-state index in [9.17, 15) is 18.0 Å². The number of nitrogens with one attached hydrogen (secondary N) is 2. The van der Waals surface area contributed by atoms with Gasteiger partial charge in [-0.15, -0.1) is 0 Å². The molecule has 2 amide bonds. The third-order valence-corrected chi connectivity index (χ3v) is 6.11. The first-order chi connectivity index (χ1) is 13.8. The molecule has 0 aliphatic carbocycles. The summed E-state index contributed by atoms with van der Waals surface area (Å²) in [5.41, 5.74) is 1.13. The van der Waals surface area contributed by atoms with E-state index in [0.717, 1.165) is 9.87 Å². The van der Waals surface area contributed by atoms with Crippen molar-refractivity contribution in [1.82, 2.24) is 9.62 Å². The highest BCUT2D eigenvalue weighted by molar-refractivity contribution is 7.89. The molecular formula is C19H21N3O6S. The van der Waals surface area contributed by atoms with E-state index in [4.69, 9.17) is 9.47 Å². The van der Waals surface area contributed by atoms with E-state index < -0.39 is 15.9 Å². The Balaban J connectivity index is 1.62. The standard InChI is InChI=1S/C19H21N3O6S/c1-22(11-18(23)20-10-13-3-5-14(27-2)6-4-13)29(25,26)15-7-8-17-16(9-15)21-19(24)12-28-17/h3-9H,10-12H2,1-2H3,(H,20,23)(H,21,24). The predicted octanol–water partition coefficient (Wildman–Crippen LogP) is 0.963. The molecule has 0 saturated carbocycles. The summed E-state index contributed by atoms with van der Waals surface area (Å²) in [7, 11) is -1.05. The molecule has 0 spiro atoms. The summed E-state index contributed by atoms with van der Waals surface area (Å²) < 4.78 is 36.8. The number of anilines is 1. The van der Waals surface area contributed by atoms with Gasteiger partial charge in [-0.05, 0) is 35.9 Å². The van der Waals surface area contributed by atoms with Crippen molar-refractivity contribution in [2.45, 2.75) is 11.4 Å². The third kappa shape index (κ3) is 4.84. The van der Waals surface area contributed by atoms with E-state index in [0.29, 0.717) is 11.5 Å². The van der Waals surface area contributed by atoms with Crippen molar-refractivity contribution in [2.75, 3.05) is 32.6 Å². The summed E-state index contributed by atoms with van der Waals surface area (Å²) in [6.45, 7) is -0.204. The predicted molar refractivity (Wildman–Crippen MR) is 105 cm³/mol. The van der Waals surface area contributed by atoms with Crippen molar-refractivity contribution in [3.05, 3.63) is 48.0 Å². The second-order valence-corrected chi connectivity index (χ2v) is 8.43. The maximum atomic E-state index is 12.8. The Morgan fingerprint density at radius 3 is 2.66 bits per heavy atom. The fraction of sp³-hybridized carbons (Fsp3) is 0.263. The number of carbonyl (C=O) groups excluding carboxylic acids is 2. The Morgan fingerprint density at radius 1 is 1.24 bits per heavy atom. The molecule has 9 nitrogen and oxygen atoms in total. The lowest BCUT2D eigenvalue weighted by atomic mass is 10.2. The lowest BCUT2D eigenvalue weighted by Crippen LogP contribution is -2.38. The zero-order valence-electron chi connectivity index (χ0n) is 16.0. The van der Waals surface area contributed by atoms with Crippen LogP contribution in [0.25, 0.3) is 0 Å². The third-order valence-electron chi connectivity index (χ3n) is 4.31. The van der Waals surface area contributed by atoms with E-state index in [-0.39, 0.29) is 36.2 Å². The van der Waals surface area contributed by atoms with Gasteiger partial charge in [0.05, 0.1) is 24.2 Å². The van der Waals surface area contributed by atoms with Crippen molar-refractivity contribution < 1.29 is 27.5 Å². The van der Waals surface area contributed by atoms with Crippen molar-refractivity contribution in [3.8, 4) is 11.5 Å². The monoisotopic (exact) mass is 419 g/mol. The highest BCUT2D eigenvalue weighted by Gasteiger charge is 2.25. The van der Waals surface area contributed by atoms with Crippen LogP contribution in [0, 0.1) is 0 Å². The number of nitrogens with zero attached hydrogens (tertiary/aromatic N) is 1. The van der Waals surface area contributed by atoms with Gasteiger partial charge < -0.3 is 20.1 Å². The van der Waals surface area contributed by atoms with Gasteiger partial charge in [-0.1, -0.05) is 12.1 Å². The molecule has 0 atom stereocenters. The van der Waals surface area contributed by atoms with Crippen molar-refractivity contribution in [1.29, 1.82) is 0 Å². The quantitative estimate of drug-likeness (QED) is 0.691. The van der Waals surface area contributed by atoms with Crippen molar-refractivity contribution in [3.63, 3.8) is 0 Å². The molecule has 0 saturated heterocycles. The van der Waals surface area contributed by atoms with Gasteiger partial charge in [-0.25, -0.2) is 8.42 Å². The van der Waals surface area contributed by atoms with E-state index in [2.05, 4.69) is 10.6 Å². The number of fused-ring (bicyclic) bond motifs is 1. The zero-order chi connectivity index (χ0) is 21.0. The Hall–Kier alpha value is -3.11. The van der Waals surface area contributed by atoms with Crippen LogP contribution in [0.1, 0.15) is 5.56 Å². The van der Waals surface area contributed by atoms with Gasteiger partial charge in [-0.2, -0.15) is 4.31 Å².